The summed E-state index contributed by atoms with van der Waals surface area (Å²) < 4.78 is 5.16. The zero-order valence-electron chi connectivity index (χ0n) is 10.00. The van der Waals surface area contributed by atoms with Crippen molar-refractivity contribution in [2.75, 3.05) is 6.54 Å². The predicted octanol–water partition coefficient (Wildman–Crippen LogP) is 0.502. The Kier molecular flexibility index (Phi) is 3.38. The third kappa shape index (κ3) is 2.11. The SMILES string of the molecule is CCc1occc1C(=O)N1CC(O)C[C@H]1C(=O)O. The quantitative estimate of drug-likeness (QED) is 0.818. The number of β-amino-alcohol motifs (C(OH)–C–C–N with tert-alkyl or cyclic N) is 1. The maximum atomic E-state index is 12.2. The van der Waals surface area contributed by atoms with E-state index in [1.807, 2.05) is 6.92 Å². The number of carbonyl (C=O) groups is 2. The molecule has 6 heteroatoms. The number of rotatable bonds is 3. The number of aliphatic hydroxyl groups is 1. The van der Waals surface area contributed by atoms with Gasteiger partial charge in [-0.2, -0.15) is 0 Å². The zero-order valence-corrected chi connectivity index (χ0v) is 10.00. The van der Waals surface area contributed by atoms with Crippen molar-refractivity contribution in [2.45, 2.75) is 31.9 Å². The van der Waals surface area contributed by atoms with Crippen LogP contribution in [-0.2, 0) is 11.2 Å². The molecule has 0 spiro atoms. The van der Waals surface area contributed by atoms with Crippen LogP contribution < -0.4 is 0 Å². The first-order chi connectivity index (χ1) is 8.54. The van der Waals surface area contributed by atoms with Crippen molar-refractivity contribution >= 4 is 11.9 Å². The highest BCUT2D eigenvalue weighted by Crippen LogP contribution is 2.23. The minimum atomic E-state index is -1.10. The van der Waals surface area contributed by atoms with Gasteiger partial charge in [0.25, 0.3) is 5.91 Å². The largest absolute Gasteiger partial charge is 0.480 e. The number of carboxylic acid groups (broad SMARTS) is 1. The van der Waals surface area contributed by atoms with Crippen LogP contribution in [0.3, 0.4) is 0 Å². The van der Waals surface area contributed by atoms with E-state index in [2.05, 4.69) is 0 Å². The van der Waals surface area contributed by atoms with E-state index in [1.165, 1.54) is 17.2 Å². The monoisotopic (exact) mass is 253 g/mol. The summed E-state index contributed by atoms with van der Waals surface area (Å²) in [7, 11) is 0. The van der Waals surface area contributed by atoms with Gasteiger partial charge in [-0.25, -0.2) is 4.79 Å². The molecule has 1 aromatic heterocycles. The summed E-state index contributed by atoms with van der Waals surface area (Å²) in [5.41, 5.74) is 0.373. The van der Waals surface area contributed by atoms with Gasteiger partial charge in [-0.3, -0.25) is 4.79 Å². The number of aryl methyl sites for hydroxylation is 1. The number of hydrogen-bond acceptors (Lipinski definition) is 4. The normalized spacial score (nSPS) is 23.3. The molecular formula is C12H15NO5. The molecule has 1 unspecified atom stereocenters. The van der Waals surface area contributed by atoms with Gasteiger partial charge in [0.05, 0.1) is 17.9 Å². The summed E-state index contributed by atoms with van der Waals surface area (Å²) in [4.78, 5) is 24.5. The molecule has 1 fully saturated rings. The van der Waals surface area contributed by atoms with Gasteiger partial charge in [-0.05, 0) is 6.07 Å². The molecule has 2 atom stereocenters. The smallest absolute Gasteiger partial charge is 0.326 e. The first-order valence-corrected chi connectivity index (χ1v) is 5.82. The van der Waals surface area contributed by atoms with Crippen LogP contribution in [0.1, 0.15) is 29.5 Å². The molecule has 2 rings (SSSR count). The Morgan fingerprint density at radius 1 is 1.56 bits per heavy atom. The lowest BCUT2D eigenvalue weighted by Crippen LogP contribution is -2.40. The molecule has 0 bridgehead atoms. The van der Waals surface area contributed by atoms with E-state index >= 15 is 0 Å². The number of furan rings is 1. The molecule has 18 heavy (non-hydrogen) atoms. The second-order valence-electron chi connectivity index (χ2n) is 4.31. The zero-order chi connectivity index (χ0) is 13.3. The third-order valence-corrected chi connectivity index (χ3v) is 3.12. The van der Waals surface area contributed by atoms with Gasteiger partial charge in [0, 0.05) is 19.4 Å². The van der Waals surface area contributed by atoms with Gasteiger partial charge in [0.1, 0.15) is 11.8 Å². The van der Waals surface area contributed by atoms with Crippen molar-refractivity contribution in [3.63, 3.8) is 0 Å². The number of amides is 1. The van der Waals surface area contributed by atoms with Gasteiger partial charge < -0.3 is 19.5 Å². The van der Waals surface area contributed by atoms with Crippen molar-refractivity contribution in [3.8, 4) is 0 Å². The van der Waals surface area contributed by atoms with Crippen molar-refractivity contribution in [1.82, 2.24) is 4.90 Å². The Morgan fingerprint density at radius 2 is 2.28 bits per heavy atom. The molecule has 0 aromatic carbocycles. The van der Waals surface area contributed by atoms with Gasteiger partial charge in [-0.15, -0.1) is 0 Å². The van der Waals surface area contributed by atoms with Crippen molar-refractivity contribution in [3.05, 3.63) is 23.7 Å². The van der Waals surface area contributed by atoms with Crippen LogP contribution in [-0.4, -0.2) is 45.7 Å². The number of carbonyl (C=O) groups excluding carboxylic acids is 1. The molecule has 98 valence electrons. The molecule has 1 aliphatic heterocycles. The van der Waals surface area contributed by atoms with Gasteiger partial charge in [0.15, 0.2) is 0 Å². The molecule has 0 aliphatic carbocycles. The fourth-order valence-electron chi connectivity index (χ4n) is 2.23. The second-order valence-corrected chi connectivity index (χ2v) is 4.31. The maximum absolute atomic E-state index is 12.2. The number of aliphatic carboxylic acids is 1. The van der Waals surface area contributed by atoms with E-state index in [-0.39, 0.29) is 13.0 Å². The average Bonchev–Trinajstić information content (AvgIpc) is 2.93. The Morgan fingerprint density at radius 3 is 2.89 bits per heavy atom. The fraction of sp³-hybridized carbons (Fsp3) is 0.500. The maximum Gasteiger partial charge on any atom is 0.326 e. The molecule has 1 amide bonds. The second kappa shape index (κ2) is 4.81. The molecule has 1 saturated heterocycles. The van der Waals surface area contributed by atoms with E-state index < -0.39 is 24.0 Å². The molecule has 0 saturated carbocycles. The summed E-state index contributed by atoms with van der Waals surface area (Å²) in [6.45, 7) is 1.90. The molecule has 6 nitrogen and oxygen atoms in total. The highest BCUT2D eigenvalue weighted by Gasteiger charge is 2.39. The van der Waals surface area contributed by atoms with Crippen LogP contribution in [0.4, 0.5) is 0 Å². The topological polar surface area (TPSA) is 91.0 Å². The fourth-order valence-corrected chi connectivity index (χ4v) is 2.23. The van der Waals surface area contributed by atoms with Crippen LogP contribution in [0.2, 0.25) is 0 Å². The summed E-state index contributed by atoms with van der Waals surface area (Å²) in [6.07, 6.45) is 1.25. The Bertz CT molecular complexity index is 467. The van der Waals surface area contributed by atoms with E-state index in [4.69, 9.17) is 9.52 Å². The number of aliphatic hydroxyl groups excluding tert-OH is 1. The van der Waals surface area contributed by atoms with Crippen molar-refractivity contribution in [2.24, 2.45) is 0 Å². The predicted molar refractivity (Wildman–Crippen MR) is 61.2 cm³/mol. The number of hydrogen-bond donors (Lipinski definition) is 2. The van der Waals surface area contributed by atoms with Gasteiger partial charge in [0.2, 0.25) is 0 Å². The van der Waals surface area contributed by atoms with E-state index in [1.54, 1.807) is 0 Å². The Hall–Kier alpha value is -1.82. The molecule has 1 aromatic rings. The van der Waals surface area contributed by atoms with Crippen molar-refractivity contribution in [1.29, 1.82) is 0 Å². The number of nitrogens with zero attached hydrogens (tertiary/aromatic N) is 1. The lowest BCUT2D eigenvalue weighted by atomic mass is 10.1. The Labute approximate surface area is 104 Å². The van der Waals surface area contributed by atoms with E-state index in [0.29, 0.717) is 17.7 Å². The summed E-state index contributed by atoms with van der Waals surface area (Å²) in [5, 5.41) is 18.6. The van der Waals surface area contributed by atoms with Crippen LogP contribution in [0, 0.1) is 0 Å². The summed E-state index contributed by atoms with van der Waals surface area (Å²) in [5.74, 6) is -0.962. The number of carboxylic acids is 1. The number of likely N-dealkylation sites (tertiary alicyclic amines) is 1. The van der Waals surface area contributed by atoms with E-state index in [0.717, 1.165) is 0 Å². The van der Waals surface area contributed by atoms with Crippen LogP contribution in [0.15, 0.2) is 16.7 Å². The third-order valence-electron chi connectivity index (χ3n) is 3.12. The van der Waals surface area contributed by atoms with Crippen LogP contribution >= 0.6 is 0 Å². The van der Waals surface area contributed by atoms with Gasteiger partial charge in [-0.1, -0.05) is 6.92 Å². The lowest BCUT2D eigenvalue weighted by Gasteiger charge is -2.20. The van der Waals surface area contributed by atoms with Crippen LogP contribution in [0.25, 0.3) is 0 Å². The highest BCUT2D eigenvalue weighted by molar-refractivity contribution is 5.97. The van der Waals surface area contributed by atoms with Crippen LogP contribution in [0.5, 0.6) is 0 Å². The van der Waals surface area contributed by atoms with E-state index in [9.17, 15) is 14.7 Å². The standard InChI is InChI=1S/C12H15NO5/c1-2-10-8(3-4-18-10)11(15)13-6-7(14)5-9(13)12(16)17/h3-4,7,9,14H,2,5-6H2,1H3,(H,16,17)/t7?,9-/m0/s1. The first kappa shape index (κ1) is 12.6. The average molecular weight is 253 g/mol. The highest BCUT2D eigenvalue weighted by atomic mass is 16.4. The minimum Gasteiger partial charge on any atom is -0.480 e. The lowest BCUT2D eigenvalue weighted by molar-refractivity contribution is -0.141. The molecule has 2 heterocycles. The van der Waals surface area contributed by atoms with Crippen molar-refractivity contribution < 1.29 is 24.2 Å². The summed E-state index contributed by atoms with van der Waals surface area (Å²) >= 11 is 0. The summed E-state index contributed by atoms with van der Waals surface area (Å²) in [6, 6.07) is 0.567. The molecule has 1 aliphatic rings. The molecule has 2 N–H and O–H groups in total. The molecular weight excluding hydrogens is 238 g/mol. The Balaban J connectivity index is 2.25. The first-order valence-electron chi connectivity index (χ1n) is 5.82. The van der Waals surface area contributed by atoms with Gasteiger partial charge >= 0.3 is 5.97 Å². The minimum absolute atomic E-state index is 0.0458. The molecule has 0 radical (unpaired) electrons.